The first-order chi connectivity index (χ1) is 27.5. The van der Waals surface area contributed by atoms with E-state index in [1.165, 1.54) is 4.90 Å². The number of rotatable bonds is 12. The third-order valence-electron chi connectivity index (χ3n) is 10.1. The van der Waals surface area contributed by atoms with Gasteiger partial charge in [-0.05, 0) is 53.1 Å². The molecule has 1 N–H and O–H groups in total. The van der Waals surface area contributed by atoms with Crippen LogP contribution >= 0.6 is 19.0 Å². The molecular weight excluding hydrogens is 862 g/mol. The van der Waals surface area contributed by atoms with Gasteiger partial charge in [-0.15, -0.1) is 11.8 Å². The van der Waals surface area contributed by atoms with Crippen LogP contribution in [0.5, 0.6) is 0 Å². The first-order valence-corrected chi connectivity index (χ1v) is 21.6. The van der Waals surface area contributed by atoms with E-state index in [9.17, 15) is 14.4 Å². The number of β-lactam (4-membered cyclic amide) rings is 1. The molecule has 2 amide bonds. The van der Waals surface area contributed by atoms with Crippen molar-refractivity contribution < 1.29 is 47.8 Å². The predicted octanol–water partition coefficient (Wildman–Crippen LogP) is 4.78. The lowest BCUT2D eigenvalue weighted by Crippen LogP contribution is -3.00. The highest BCUT2D eigenvalue weighted by Crippen LogP contribution is 2.58. The second kappa shape index (κ2) is 18.4. The molecule has 0 saturated carbocycles. The van der Waals surface area contributed by atoms with Crippen molar-refractivity contribution in [2.45, 2.75) is 23.9 Å². The molecule has 8 rings (SSSR count). The van der Waals surface area contributed by atoms with Crippen molar-refractivity contribution in [1.29, 1.82) is 0 Å². The number of nitrogens with zero attached hydrogens (tertiary/aromatic N) is 1. The van der Waals surface area contributed by atoms with Gasteiger partial charge in [0.05, 0.1) is 6.42 Å². The molecular formula is C47H40IN2O5PS. The Morgan fingerprint density at radius 1 is 0.667 bits per heavy atom. The number of thioether (sulfide) groups is 1. The molecule has 1 fully saturated rings. The van der Waals surface area contributed by atoms with Gasteiger partial charge in [-0.25, -0.2) is 4.79 Å². The van der Waals surface area contributed by atoms with E-state index in [1.54, 1.807) is 11.8 Å². The van der Waals surface area contributed by atoms with Crippen LogP contribution < -0.4 is 45.2 Å². The normalized spacial score (nSPS) is 16.2. The zero-order chi connectivity index (χ0) is 38.3. The van der Waals surface area contributed by atoms with Gasteiger partial charge >= 0.3 is 6.16 Å². The smallest absolute Gasteiger partial charge is 0.516 e. The number of amides is 2. The number of hydrogen-bond donors (Lipinski definition) is 1. The molecule has 0 spiro atoms. The second-order valence-corrected chi connectivity index (χ2v) is 18.3. The van der Waals surface area contributed by atoms with Crippen LogP contribution in [0.1, 0.15) is 22.8 Å². The first kappa shape index (κ1) is 40.0. The second-order valence-electron chi connectivity index (χ2n) is 13.7. The number of fused-ring (bicyclic) bond motifs is 1. The highest BCUT2D eigenvalue weighted by molar-refractivity contribution is 8.00. The lowest BCUT2D eigenvalue weighted by Gasteiger charge is -2.49. The van der Waals surface area contributed by atoms with Gasteiger partial charge in [0.15, 0.2) is 6.10 Å². The molecule has 57 heavy (non-hydrogen) atoms. The largest absolute Gasteiger partial charge is 1.00 e. The summed E-state index contributed by atoms with van der Waals surface area (Å²) in [7, 11) is -2.46. The number of carbonyl (C=O) groups is 3. The molecule has 0 aliphatic carbocycles. The molecule has 0 bridgehead atoms. The van der Waals surface area contributed by atoms with Crippen LogP contribution in [0.2, 0.25) is 0 Å². The Morgan fingerprint density at radius 3 is 1.58 bits per heavy atom. The van der Waals surface area contributed by atoms with Crippen LogP contribution in [0.15, 0.2) is 193 Å². The van der Waals surface area contributed by atoms with E-state index in [4.69, 9.17) is 9.47 Å². The van der Waals surface area contributed by atoms with E-state index in [0.29, 0.717) is 11.9 Å². The third-order valence-corrected chi connectivity index (χ3v) is 15.9. The van der Waals surface area contributed by atoms with Gasteiger partial charge in [-0.1, -0.05) is 146 Å². The van der Waals surface area contributed by atoms with Crippen LogP contribution in [-0.4, -0.2) is 46.2 Å². The van der Waals surface area contributed by atoms with Gasteiger partial charge in [-0.3, -0.25) is 14.5 Å². The van der Waals surface area contributed by atoms with Gasteiger partial charge in [-0.2, -0.15) is 0 Å². The molecule has 2 aliphatic heterocycles. The SMILES string of the molecule is O=C(Cc1ccccc1)NC1C(=O)N2C(OC(=O)OC(c3ccccc3)c3ccccc3)=C(C[P+](c3ccccc3)(c3ccccc3)c3ccccc3)CS[C@@H]12.[I-]. The fourth-order valence-electron chi connectivity index (χ4n) is 7.48. The van der Waals surface area contributed by atoms with Crippen molar-refractivity contribution in [3.63, 3.8) is 0 Å². The Morgan fingerprint density at radius 2 is 1.11 bits per heavy atom. The maximum atomic E-state index is 14.2. The summed E-state index contributed by atoms with van der Waals surface area (Å²) in [5, 5.41) is 5.98. The van der Waals surface area contributed by atoms with Crippen molar-refractivity contribution >= 4 is 52.9 Å². The molecule has 286 valence electrons. The fraction of sp³-hybridized carbons (Fsp3) is 0.128. The maximum absolute atomic E-state index is 14.2. The van der Waals surface area contributed by atoms with Crippen LogP contribution in [0.3, 0.4) is 0 Å². The van der Waals surface area contributed by atoms with Gasteiger partial charge in [0.25, 0.3) is 5.91 Å². The minimum atomic E-state index is -2.46. The zero-order valence-corrected chi connectivity index (χ0v) is 34.8. The van der Waals surface area contributed by atoms with Crippen LogP contribution in [0, 0.1) is 0 Å². The minimum Gasteiger partial charge on any atom is -1.00 e. The maximum Gasteiger partial charge on any atom is 0.516 e. The summed E-state index contributed by atoms with van der Waals surface area (Å²) < 4.78 is 12.5. The molecule has 0 aromatic heterocycles. The summed E-state index contributed by atoms with van der Waals surface area (Å²) in [4.78, 5) is 43.1. The van der Waals surface area contributed by atoms with Crippen molar-refractivity contribution in [2.75, 3.05) is 11.9 Å². The first-order valence-electron chi connectivity index (χ1n) is 18.5. The highest BCUT2D eigenvalue weighted by atomic mass is 127. The van der Waals surface area contributed by atoms with Gasteiger partial charge in [0.2, 0.25) is 11.8 Å². The van der Waals surface area contributed by atoms with Crippen molar-refractivity contribution in [2.24, 2.45) is 0 Å². The summed E-state index contributed by atoms with van der Waals surface area (Å²) in [5.41, 5.74) is 3.23. The van der Waals surface area contributed by atoms with Crippen LogP contribution in [0.4, 0.5) is 4.79 Å². The van der Waals surface area contributed by atoms with E-state index >= 15 is 0 Å². The number of carbonyl (C=O) groups excluding carboxylic acids is 3. The average Bonchev–Trinajstić information content (AvgIpc) is 3.26. The lowest BCUT2D eigenvalue weighted by molar-refractivity contribution is -0.149. The molecule has 7 nitrogen and oxygen atoms in total. The minimum absolute atomic E-state index is 0. The highest BCUT2D eigenvalue weighted by Gasteiger charge is 2.56. The summed E-state index contributed by atoms with van der Waals surface area (Å²) >= 11 is 1.56. The molecule has 2 aliphatic rings. The molecule has 2 heterocycles. The molecule has 2 atom stereocenters. The number of nitrogens with one attached hydrogen (secondary N) is 1. The summed E-state index contributed by atoms with van der Waals surface area (Å²) in [5.74, 6) is 0.0538. The Hall–Kier alpha value is -5.22. The van der Waals surface area contributed by atoms with Crippen molar-refractivity contribution in [3.8, 4) is 0 Å². The lowest BCUT2D eigenvalue weighted by atomic mass is 10.0. The average molecular weight is 903 g/mol. The number of benzene rings is 6. The van der Waals surface area contributed by atoms with Crippen molar-refractivity contribution in [3.05, 3.63) is 210 Å². The van der Waals surface area contributed by atoms with Crippen LogP contribution in [-0.2, 0) is 25.5 Å². The Balaban J connectivity index is 0.00000496. The van der Waals surface area contributed by atoms with Gasteiger partial charge in [0, 0.05) is 11.3 Å². The Labute approximate surface area is 354 Å². The molecule has 1 unspecified atom stereocenters. The van der Waals surface area contributed by atoms with Crippen LogP contribution in [0.25, 0.3) is 0 Å². The molecule has 0 radical (unpaired) electrons. The molecule has 1 saturated heterocycles. The van der Waals surface area contributed by atoms with E-state index in [2.05, 4.69) is 78.1 Å². The standard InChI is InChI=1S/C47H39N2O5PS.HI/c50-41(31-34-19-7-1-8-20-34)48-42-44(51)49-45(54-47(52)53-43(35-21-9-2-10-22-35)36-23-11-3-12-24-36)37(33-56-46(42)49)32-55(38-25-13-4-14-26-38,39-27-15-5-16-28-39)40-29-17-6-18-30-40;/h1-30,42-43,46H,31-33H2;1H/t42?,46-;/m0./s1. The molecule has 6 aromatic carbocycles. The molecule has 6 aromatic rings. The van der Waals surface area contributed by atoms with Gasteiger partial charge in [0.1, 0.15) is 40.8 Å². The number of halogens is 1. The summed E-state index contributed by atoms with van der Waals surface area (Å²) in [6, 6.07) is 59.1. The monoisotopic (exact) mass is 902 g/mol. The van der Waals surface area contributed by atoms with E-state index in [-0.39, 0.29) is 48.1 Å². The van der Waals surface area contributed by atoms with Gasteiger partial charge < -0.3 is 38.8 Å². The Bertz CT molecular complexity index is 2190. The number of ether oxygens (including phenoxy) is 2. The van der Waals surface area contributed by atoms with E-state index in [1.807, 2.05) is 109 Å². The number of hydrogen-bond acceptors (Lipinski definition) is 6. The van der Waals surface area contributed by atoms with Crippen molar-refractivity contribution in [1.82, 2.24) is 10.2 Å². The summed E-state index contributed by atoms with van der Waals surface area (Å²) in [6.45, 7) is 0. The Kier molecular flexibility index (Phi) is 12.9. The van der Waals surface area contributed by atoms with E-state index in [0.717, 1.165) is 38.2 Å². The quantitative estimate of drug-likeness (QED) is 0.0825. The fourth-order valence-corrected chi connectivity index (χ4v) is 13.3. The summed E-state index contributed by atoms with van der Waals surface area (Å²) in [6.07, 6.45) is -1.02. The third kappa shape index (κ3) is 8.56. The zero-order valence-electron chi connectivity index (χ0n) is 30.9. The topological polar surface area (TPSA) is 84.9 Å². The van der Waals surface area contributed by atoms with E-state index < -0.39 is 30.9 Å². The molecule has 10 heteroatoms. The predicted molar refractivity (Wildman–Crippen MR) is 225 cm³/mol.